The van der Waals surface area contributed by atoms with Gasteiger partial charge in [0.25, 0.3) is 0 Å². The van der Waals surface area contributed by atoms with E-state index in [-0.39, 0.29) is 0 Å². The van der Waals surface area contributed by atoms with Crippen molar-refractivity contribution in [2.45, 2.75) is 33.4 Å². The van der Waals surface area contributed by atoms with E-state index in [0.717, 1.165) is 13.1 Å². The van der Waals surface area contributed by atoms with Crippen LogP contribution in [0.25, 0.3) is 10.9 Å². The molecule has 1 unspecified atom stereocenters. The molecule has 1 aromatic heterocycles. The minimum absolute atomic E-state index is 0.553. The molecule has 1 heterocycles. The Labute approximate surface area is 103 Å². The Morgan fingerprint density at radius 2 is 2.00 bits per heavy atom. The molecule has 2 rings (SSSR count). The molecule has 0 aliphatic heterocycles. The molecule has 3 nitrogen and oxygen atoms in total. The molecular formula is C14H21N3. The molecule has 0 saturated carbocycles. The molecule has 2 aromatic rings. The molecule has 92 valence electrons. The number of benzene rings is 1. The van der Waals surface area contributed by atoms with Crippen LogP contribution in [0.3, 0.4) is 0 Å². The molecule has 0 radical (unpaired) electrons. The second-order valence-electron chi connectivity index (χ2n) is 4.91. The van der Waals surface area contributed by atoms with Crippen LogP contribution in [-0.2, 0) is 6.54 Å². The van der Waals surface area contributed by atoms with Crippen LogP contribution >= 0.6 is 0 Å². The van der Waals surface area contributed by atoms with E-state index in [1.54, 1.807) is 0 Å². The monoisotopic (exact) mass is 231 g/mol. The number of nitrogens with one attached hydrogen (secondary N) is 1. The Bertz CT molecular complexity index is 473. The van der Waals surface area contributed by atoms with Crippen LogP contribution in [0.15, 0.2) is 30.5 Å². The zero-order valence-corrected chi connectivity index (χ0v) is 10.9. The molecule has 1 aromatic carbocycles. The van der Waals surface area contributed by atoms with Crippen molar-refractivity contribution < 1.29 is 0 Å². The van der Waals surface area contributed by atoms with E-state index in [4.69, 9.17) is 0 Å². The van der Waals surface area contributed by atoms with E-state index >= 15 is 0 Å². The zero-order chi connectivity index (χ0) is 12.3. The lowest BCUT2D eigenvalue weighted by Gasteiger charge is -2.17. The summed E-state index contributed by atoms with van der Waals surface area (Å²) in [5.41, 5.74) is 1.21. The first kappa shape index (κ1) is 12.1. The third-order valence-corrected chi connectivity index (χ3v) is 3.34. The molecule has 0 spiro atoms. The van der Waals surface area contributed by atoms with Crippen molar-refractivity contribution in [3.8, 4) is 0 Å². The largest absolute Gasteiger partial charge is 0.312 e. The summed E-state index contributed by atoms with van der Waals surface area (Å²) in [6.45, 7) is 8.59. The van der Waals surface area contributed by atoms with Gasteiger partial charge in [-0.3, -0.25) is 4.68 Å². The van der Waals surface area contributed by atoms with Crippen LogP contribution in [0.5, 0.6) is 0 Å². The predicted molar refractivity (Wildman–Crippen MR) is 72.0 cm³/mol. The standard InChI is InChI=1S/C14H21N3/c1-11(2)12(3)15-8-9-17-14-7-5-4-6-13(14)10-16-17/h4-7,10-12,15H,8-9H2,1-3H3. The molecule has 0 saturated heterocycles. The molecule has 0 aliphatic carbocycles. The minimum atomic E-state index is 0.553. The third-order valence-electron chi connectivity index (χ3n) is 3.34. The summed E-state index contributed by atoms with van der Waals surface area (Å²) in [5.74, 6) is 0.671. The first-order valence-corrected chi connectivity index (χ1v) is 6.32. The number of hydrogen-bond donors (Lipinski definition) is 1. The van der Waals surface area contributed by atoms with Crippen LogP contribution in [0.4, 0.5) is 0 Å². The maximum absolute atomic E-state index is 4.41. The Morgan fingerprint density at radius 1 is 1.24 bits per heavy atom. The number of para-hydroxylation sites is 1. The summed E-state index contributed by atoms with van der Waals surface area (Å²) in [5, 5.41) is 9.15. The molecule has 0 bridgehead atoms. The van der Waals surface area contributed by atoms with Crippen LogP contribution in [0, 0.1) is 5.92 Å². The number of rotatable bonds is 5. The van der Waals surface area contributed by atoms with Gasteiger partial charge in [0.15, 0.2) is 0 Å². The van der Waals surface area contributed by atoms with Crippen molar-refractivity contribution >= 4 is 10.9 Å². The van der Waals surface area contributed by atoms with E-state index in [2.05, 4.69) is 54.1 Å². The van der Waals surface area contributed by atoms with Crippen molar-refractivity contribution in [1.29, 1.82) is 0 Å². The second kappa shape index (κ2) is 5.32. The maximum Gasteiger partial charge on any atom is 0.0682 e. The van der Waals surface area contributed by atoms with E-state index in [9.17, 15) is 0 Å². The van der Waals surface area contributed by atoms with Crippen molar-refractivity contribution in [1.82, 2.24) is 15.1 Å². The Kier molecular flexibility index (Phi) is 3.79. The third kappa shape index (κ3) is 2.86. The van der Waals surface area contributed by atoms with E-state index in [1.807, 2.05) is 12.3 Å². The molecular weight excluding hydrogens is 210 g/mol. The maximum atomic E-state index is 4.41. The van der Waals surface area contributed by atoms with Gasteiger partial charge in [-0.25, -0.2) is 0 Å². The summed E-state index contributed by atoms with van der Waals surface area (Å²) in [6.07, 6.45) is 1.93. The van der Waals surface area contributed by atoms with Gasteiger partial charge in [-0.15, -0.1) is 0 Å². The van der Waals surface area contributed by atoms with Gasteiger partial charge in [0.05, 0.1) is 18.3 Å². The lowest BCUT2D eigenvalue weighted by atomic mass is 10.1. The van der Waals surface area contributed by atoms with E-state index in [0.29, 0.717) is 12.0 Å². The average molecular weight is 231 g/mol. The van der Waals surface area contributed by atoms with E-state index < -0.39 is 0 Å². The predicted octanol–water partition coefficient (Wildman–Crippen LogP) is 2.67. The summed E-state index contributed by atoms with van der Waals surface area (Å²) >= 11 is 0. The quantitative estimate of drug-likeness (QED) is 0.857. The van der Waals surface area contributed by atoms with E-state index in [1.165, 1.54) is 10.9 Å². The highest BCUT2D eigenvalue weighted by molar-refractivity contribution is 5.78. The van der Waals surface area contributed by atoms with Gasteiger partial charge in [0.2, 0.25) is 0 Å². The normalized spacial score (nSPS) is 13.4. The first-order valence-electron chi connectivity index (χ1n) is 6.32. The van der Waals surface area contributed by atoms with Gasteiger partial charge >= 0.3 is 0 Å². The Morgan fingerprint density at radius 3 is 2.76 bits per heavy atom. The average Bonchev–Trinajstić information content (AvgIpc) is 2.72. The van der Waals surface area contributed by atoms with Crippen molar-refractivity contribution in [3.05, 3.63) is 30.5 Å². The molecule has 3 heteroatoms. The van der Waals surface area contributed by atoms with Crippen LogP contribution in [0.1, 0.15) is 20.8 Å². The fraction of sp³-hybridized carbons (Fsp3) is 0.500. The fourth-order valence-electron chi connectivity index (χ4n) is 1.84. The van der Waals surface area contributed by atoms with Crippen LogP contribution < -0.4 is 5.32 Å². The summed E-state index contributed by atoms with van der Waals surface area (Å²) in [7, 11) is 0. The highest BCUT2D eigenvalue weighted by Crippen LogP contribution is 2.12. The molecule has 0 amide bonds. The molecule has 17 heavy (non-hydrogen) atoms. The van der Waals surface area contributed by atoms with Gasteiger partial charge in [0, 0.05) is 18.0 Å². The fourth-order valence-corrected chi connectivity index (χ4v) is 1.84. The van der Waals surface area contributed by atoms with Gasteiger partial charge < -0.3 is 5.32 Å². The number of nitrogens with zero attached hydrogens (tertiary/aromatic N) is 2. The lowest BCUT2D eigenvalue weighted by molar-refractivity contribution is 0.412. The van der Waals surface area contributed by atoms with Crippen molar-refractivity contribution in [2.24, 2.45) is 5.92 Å². The lowest BCUT2D eigenvalue weighted by Crippen LogP contribution is -2.33. The Hall–Kier alpha value is -1.35. The SMILES string of the molecule is CC(C)C(C)NCCn1ncc2ccccc21. The zero-order valence-electron chi connectivity index (χ0n) is 10.9. The molecule has 1 atom stereocenters. The highest BCUT2D eigenvalue weighted by Gasteiger charge is 2.06. The molecule has 0 fully saturated rings. The van der Waals surface area contributed by atoms with Crippen LogP contribution in [-0.4, -0.2) is 22.4 Å². The number of fused-ring (bicyclic) bond motifs is 1. The Balaban J connectivity index is 1.95. The first-order chi connectivity index (χ1) is 8.18. The van der Waals surface area contributed by atoms with Gasteiger partial charge in [0.1, 0.15) is 0 Å². The van der Waals surface area contributed by atoms with Crippen molar-refractivity contribution in [3.63, 3.8) is 0 Å². The number of aromatic nitrogens is 2. The van der Waals surface area contributed by atoms with Gasteiger partial charge in [-0.05, 0) is 18.9 Å². The summed E-state index contributed by atoms with van der Waals surface area (Å²) in [4.78, 5) is 0. The highest BCUT2D eigenvalue weighted by atomic mass is 15.3. The van der Waals surface area contributed by atoms with Gasteiger partial charge in [-0.1, -0.05) is 32.0 Å². The smallest absolute Gasteiger partial charge is 0.0682 e. The molecule has 1 N–H and O–H groups in total. The summed E-state index contributed by atoms with van der Waals surface area (Å²) < 4.78 is 2.06. The number of hydrogen-bond acceptors (Lipinski definition) is 2. The van der Waals surface area contributed by atoms with Gasteiger partial charge in [-0.2, -0.15) is 5.10 Å². The second-order valence-corrected chi connectivity index (χ2v) is 4.91. The minimum Gasteiger partial charge on any atom is -0.312 e. The summed E-state index contributed by atoms with van der Waals surface area (Å²) in [6, 6.07) is 8.88. The van der Waals surface area contributed by atoms with Crippen molar-refractivity contribution in [2.75, 3.05) is 6.54 Å². The molecule has 0 aliphatic rings. The van der Waals surface area contributed by atoms with Crippen LogP contribution in [0.2, 0.25) is 0 Å². The topological polar surface area (TPSA) is 29.9 Å².